The molecule has 1 N–H and O–H groups in total. The minimum absolute atomic E-state index is 0. The van der Waals surface area contributed by atoms with Crippen molar-refractivity contribution in [2.45, 2.75) is 144 Å². The van der Waals surface area contributed by atoms with Crippen LogP contribution in [-0.2, 0) is 54.6 Å². The molecule has 0 amide bonds. The Balaban J connectivity index is 0.00000704. The van der Waals surface area contributed by atoms with Crippen LogP contribution in [0.2, 0.25) is 0 Å². The van der Waals surface area contributed by atoms with Gasteiger partial charge in [-0.05, 0) is 126 Å². The molecule has 0 radical (unpaired) electrons. The van der Waals surface area contributed by atoms with E-state index in [0.717, 1.165) is 95.2 Å². The number of furan rings is 1. The Morgan fingerprint density at radius 3 is 1.94 bits per heavy atom. The van der Waals surface area contributed by atoms with E-state index < -0.39 is 10.8 Å². The number of rotatable bonds is 6. The predicted molar refractivity (Wildman–Crippen MR) is 324 cm³/mol. The fourth-order valence-corrected chi connectivity index (χ4v) is 12.1. The van der Waals surface area contributed by atoms with Crippen molar-refractivity contribution in [2.24, 2.45) is 5.41 Å². The van der Waals surface area contributed by atoms with E-state index in [1.165, 1.54) is 16.7 Å². The van der Waals surface area contributed by atoms with E-state index in [1.54, 1.807) is 0 Å². The fraction of sp³-hybridized carbons (Fsp3) is 0.319. The predicted octanol–water partition coefficient (Wildman–Crippen LogP) is 19.1. The van der Waals surface area contributed by atoms with E-state index in [1.807, 2.05) is 24.4 Å². The molecule has 3 aromatic heterocycles. The monoisotopic (exact) mass is 1220 g/mol. The zero-order valence-corrected chi connectivity index (χ0v) is 51.1. The minimum atomic E-state index is -0.481. The third-order valence-electron chi connectivity index (χ3n) is 17.0. The van der Waals surface area contributed by atoms with Crippen molar-refractivity contribution >= 4 is 33.0 Å². The largest absolute Gasteiger partial charge is 0.507 e. The Kier molecular flexibility index (Phi) is 13.3. The Hall–Kier alpha value is -7.06. The SMILES string of the molecule is CC(C)(C)Cc1ccc(-c2ccnc3c2C(C)(C)C(C)(C)c2c-3[c-]c(-c3cccc4c3nc(-c3cc(C(C)(C)C)cc(C(C)(C)C)c3O)n4-c3ccc(C(C)(C)C)cc3-c3ccccc3)c3oc4cc(C#N)ccc4c23)cc1.[Pt]. The first-order valence-electron chi connectivity index (χ1n) is 27.6. The summed E-state index contributed by atoms with van der Waals surface area (Å²) in [5, 5.41) is 25.0. The van der Waals surface area contributed by atoms with Crippen LogP contribution in [0.3, 0.4) is 0 Å². The van der Waals surface area contributed by atoms with E-state index in [9.17, 15) is 10.4 Å². The summed E-state index contributed by atoms with van der Waals surface area (Å²) in [6, 6.07) is 51.6. The molecular formula is C72H73N4O2Pt-. The number of pyridine rings is 1. The van der Waals surface area contributed by atoms with Gasteiger partial charge in [0.2, 0.25) is 0 Å². The number of hydrogen-bond donors (Lipinski definition) is 1. The molecule has 11 rings (SSSR count). The van der Waals surface area contributed by atoms with Crippen molar-refractivity contribution < 1.29 is 30.6 Å². The number of fused-ring (bicyclic) bond motifs is 8. The van der Waals surface area contributed by atoms with Crippen LogP contribution in [-0.4, -0.2) is 19.6 Å². The summed E-state index contributed by atoms with van der Waals surface area (Å²) in [5.74, 6) is 0.833. The van der Waals surface area contributed by atoms with Crippen molar-refractivity contribution in [3.8, 4) is 73.5 Å². The van der Waals surface area contributed by atoms with Crippen LogP contribution in [0.25, 0.3) is 94.7 Å². The van der Waals surface area contributed by atoms with Gasteiger partial charge in [0.1, 0.15) is 17.2 Å². The van der Waals surface area contributed by atoms with Crippen LogP contribution < -0.4 is 0 Å². The van der Waals surface area contributed by atoms with E-state index in [0.29, 0.717) is 28.1 Å². The van der Waals surface area contributed by atoms with Crippen LogP contribution in [0, 0.1) is 22.8 Å². The summed E-state index contributed by atoms with van der Waals surface area (Å²) in [4.78, 5) is 11.2. The molecule has 0 fully saturated rings. The average molecular weight is 1220 g/mol. The van der Waals surface area contributed by atoms with Gasteiger partial charge < -0.3 is 9.52 Å². The van der Waals surface area contributed by atoms with Crippen molar-refractivity contribution in [3.05, 3.63) is 179 Å². The van der Waals surface area contributed by atoms with Crippen LogP contribution >= 0.6 is 0 Å². The number of benzene rings is 7. The Bertz CT molecular complexity index is 4100. The van der Waals surface area contributed by atoms with Gasteiger partial charge >= 0.3 is 0 Å². The zero-order valence-electron chi connectivity index (χ0n) is 48.9. The second-order valence-electron chi connectivity index (χ2n) is 27.4. The number of para-hydroxylation sites is 1. The average Bonchev–Trinajstić information content (AvgIpc) is 4.09. The molecular weight excluding hydrogens is 1150 g/mol. The third-order valence-corrected chi connectivity index (χ3v) is 17.0. The van der Waals surface area contributed by atoms with Crippen molar-refractivity contribution in [2.75, 3.05) is 0 Å². The summed E-state index contributed by atoms with van der Waals surface area (Å²) in [6.07, 6.45) is 2.94. The summed E-state index contributed by atoms with van der Waals surface area (Å²) >= 11 is 0. The van der Waals surface area contributed by atoms with Crippen molar-refractivity contribution in [1.29, 1.82) is 5.26 Å². The minimum Gasteiger partial charge on any atom is -0.507 e. The summed E-state index contributed by atoms with van der Waals surface area (Å²) in [6.45, 7) is 36.2. The van der Waals surface area contributed by atoms with E-state index in [4.69, 9.17) is 14.4 Å². The second-order valence-corrected chi connectivity index (χ2v) is 27.4. The molecule has 79 heavy (non-hydrogen) atoms. The van der Waals surface area contributed by atoms with Gasteiger partial charge in [-0.3, -0.25) is 9.55 Å². The number of nitriles is 1. The zero-order chi connectivity index (χ0) is 55.8. The summed E-state index contributed by atoms with van der Waals surface area (Å²) in [5.41, 5.74) is 18.1. The van der Waals surface area contributed by atoms with Crippen molar-refractivity contribution in [1.82, 2.24) is 14.5 Å². The second kappa shape index (κ2) is 19.1. The molecule has 0 atom stereocenters. The normalized spacial score (nSPS) is 14.3. The van der Waals surface area contributed by atoms with Gasteiger partial charge in [-0.2, -0.15) is 5.26 Å². The molecule has 1 aliphatic carbocycles. The molecule has 10 aromatic rings. The van der Waals surface area contributed by atoms with Gasteiger partial charge in [0.15, 0.2) is 0 Å². The number of phenols is 1. The van der Waals surface area contributed by atoms with Gasteiger partial charge in [0.25, 0.3) is 0 Å². The topological polar surface area (TPSA) is 87.9 Å². The van der Waals surface area contributed by atoms with E-state index >= 15 is 0 Å². The molecule has 1 aliphatic rings. The van der Waals surface area contributed by atoms with Crippen LogP contribution in [0.1, 0.15) is 150 Å². The Morgan fingerprint density at radius 2 is 1.29 bits per heavy atom. The summed E-state index contributed by atoms with van der Waals surface area (Å²) < 4.78 is 9.42. The first-order valence-corrected chi connectivity index (χ1v) is 27.6. The van der Waals surface area contributed by atoms with Crippen LogP contribution in [0.5, 0.6) is 5.75 Å². The van der Waals surface area contributed by atoms with Gasteiger partial charge in [0, 0.05) is 49.5 Å². The molecule has 6 nitrogen and oxygen atoms in total. The van der Waals surface area contributed by atoms with Gasteiger partial charge in [-0.1, -0.05) is 218 Å². The smallest absolute Gasteiger partial charge is 0.148 e. The maximum atomic E-state index is 12.8. The fourth-order valence-electron chi connectivity index (χ4n) is 12.1. The van der Waals surface area contributed by atoms with Gasteiger partial charge in [0.05, 0.1) is 39.5 Å². The van der Waals surface area contributed by atoms with Gasteiger partial charge in [-0.25, -0.2) is 4.98 Å². The first-order chi connectivity index (χ1) is 36.6. The van der Waals surface area contributed by atoms with Crippen LogP contribution in [0.15, 0.2) is 138 Å². The molecule has 0 saturated heterocycles. The maximum Gasteiger partial charge on any atom is 0.148 e. The standard InChI is InChI=1S/C72H73N4O2.Pt/c1-67(2,3)40-42-25-28-45(29-26-42)48-33-34-74-63-53-39-52(65-59(50-31-27-43(41-73)35-58(50)78-65)60(53)71(13,14)72(15,16)61(48)63)49-23-20-24-57-62(49)75-66(54-37-47(69(7,8)9)38-55(64(54)77)70(10,11)12)76(57)56-32-30-46(68(4,5)6)36-51(56)44-21-18-17-19-22-44;/h17-38,77H,40H2,1-16H3;/q-1;. The Morgan fingerprint density at radius 1 is 0.633 bits per heavy atom. The number of aromatic nitrogens is 3. The quantitative estimate of drug-likeness (QED) is 0.168. The Labute approximate surface area is 482 Å². The number of hydrogen-bond acceptors (Lipinski definition) is 5. The van der Waals surface area contributed by atoms with Crippen molar-refractivity contribution in [3.63, 3.8) is 0 Å². The third kappa shape index (κ3) is 9.25. The molecule has 3 heterocycles. The molecule has 0 unspecified atom stereocenters. The maximum absolute atomic E-state index is 12.8. The summed E-state index contributed by atoms with van der Waals surface area (Å²) in [7, 11) is 0. The number of aromatic hydroxyl groups is 1. The van der Waals surface area contributed by atoms with Crippen LogP contribution in [0.4, 0.5) is 0 Å². The molecule has 0 spiro atoms. The number of phenolic OH excluding ortho intramolecular Hbond substituents is 1. The number of nitrogens with zero attached hydrogens (tertiary/aromatic N) is 4. The molecule has 404 valence electrons. The van der Waals surface area contributed by atoms with Gasteiger partial charge in [-0.15, -0.1) is 6.07 Å². The first kappa shape index (κ1) is 55.3. The molecule has 7 aromatic carbocycles. The number of imidazole rings is 1. The van der Waals surface area contributed by atoms with E-state index in [2.05, 4.69) is 237 Å². The molecule has 0 bridgehead atoms. The van der Waals surface area contributed by atoms with E-state index in [-0.39, 0.29) is 48.5 Å². The molecule has 7 heteroatoms. The molecule has 0 saturated carbocycles. The molecule has 0 aliphatic heterocycles.